The smallest absolute Gasteiger partial charge is 0.220 e. The molecule has 2 N–H and O–H groups in total. The summed E-state index contributed by atoms with van der Waals surface area (Å²) in [6.07, 6.45) is 9.40. The summed E-state index contributed by atoms with van der Waals surface area (Å²) in [7, 11) is 0. The summed E-state index contributed by atoms with van der Waals surface area (Å²) in [5.74, 6) is 1.62. The first-order valence-corrected chi connectivity index (χ1v) is 7.79. The quantitative estimate of drug-likeness (QED) is 0.835. The number of hydrogen-bond donors (Lipinski definition) is 2. The molecule has 1 aliphatic carbocycles. The zero-order valence-corrected chi connectivity index (χ0v) is 12.9. The molecule has 0 aromatic rings. The number of hydrogen-bond acceptors (Lipinski definition) is 2. The lowest BCUT2D eigenvalue weighted by Gasteiger charge is -2.32. The Balaban J connectivity index is 0.00000180. The second-order valence-electron chi connectivity index (χ2n) is 6.02. The van der Waals surface area contributed by atoms with Crippen LogP contribution in [0.2, 0.25) is 0 Å². The van der Waals surface area contributed by atoms with Crippen LogP contribution in [0.3, 0.4) is 0 Å². The highest BCUT2D eigenvalue weighted by atomic mass is 35.5. The van der Waals surface area contributed by atoms with Crippen molar-refractivity contribution in [1.29, 1.82) is 0 Å². The van der Waals surface area contributed by atoms with Crippen molar-refractivity contribution >= 4 is 18.3 Å². The highest BCUT2D eigenvalue weighted by Crippen LogP contribution is 2.27. The summed E-state index contributed by atoms with van der Waals surface area (Å²) in [6, 6.07) is 0.456. The monoisotopic (exact) mass is 288 g/mol. The van der Waals surface area contributed by atoms with Gasteiger partial charge in [-0.05, 0) is 50.6 Å². The van der Waals surface area contributed by atoms with Gasteiger partial charge in [0.2, 0.25) is 5.91 Å². The van der Waals surface area contributed by atoms with E-state index in [0.717, 1.165) is 38.3 Å². The maximum Gasteiger partial charge on any atom is 0.220 e. The first-order chi connectivity index (χ1) is 8.79. The van der Waals surface area contributed by atoms with Crippen molar-refractivity contribution in [2.75, 3.05) is 13.1 Å². The molecule has 2 aliphatic rings. The molecule has 19 heavy (non-hydrogen) atoms. The molecule has 2 atom stereocenters. The summed E-state index contributed by atoms with van der Waals surface area (Å²) in [5, 5.41) is 6.66. The van der Waals surface area contributed by atoms with E-state index in [1.54, 1.807) is 0 Å². The van der Waals surface area contributed by atoms with Crippen LogP contribution >= 0.6 is 12.4 Å². The summed E-state index contributed by atoms with van der Waals surface area (Å²) >= 11 is 0. The van der Waals surface area contributed by atoms with Crippen molar-refractivity contribution in [2.45, 2.75) is 64.3 Å². The molecule has 3 nitrogen and oxygen atoms in total. The van der Waals surface area contributed by atoms with Gasteiger partial charge in [-0.1, -0.05) is 26.2 Å². The minimum Gasteiger partial charge on any atom is -0.353 e. The van der Waals surface area contributed by atoms with Gasteiger partial charge in [-0.2, -0.15) is 0 Å². The largest absolute Gasteiger partial charge is 0.353 e. The van der Waals surface area contributed by atoms with Crippen molar-refractivity contribution < 1.29 is 4.79 Å². The van der Waals surface area contributed by atoms with Crippen LogP contribution in [-0.4, -0.2) is 25.0 Å². The van der Waals surface area contributed by atoms with Crippen molar-refractivity contribution in [3.05, 3.63) is 0 Å². The number of nitrogens with one attached hydrogen (secondary N) is 2. The van der Waals surface area contributed by atoms with E-state index >= 15 is 0 Å². The predicted molar refractivity (Wildman–Crippen MR) is 81.6 cm³/mol. The molecule has 2 rings (SSSR count). The number of rotatable bonds is 4. The Labute approximate surface area is 123 Å². The van der Waals surface area contributed by atoms with E-state index in [1.807, 2.05) is 0 Å². The molecule has 4 heteroatoms. The minimum atomic E-state index is 0. The first kappa shape index (κ1) is 16.8. The van der Waals surface area contributed by atoms with Gasteiger partial charge in [-0.15, -0.1) is 12.4 Å². The van der Waals surface area contributed by atoms with Crippen LogP contribution < -0.4 is 10.6 Å². The van der Waals surface area contributed by atoms with Gasteiger partial charge < -0.3 is 10.6 Å². The number of piperidine rings is 1. The van der Waals surface area contributed by atoms with Crippen LogP contribution in [0.1, 0.15) is 58.3 Å². The van der Waals surface area contributed by atoms with Gasteiger partial charge in [-0.3, -0.25) is 4.79 Å². The van der Waals surface area contributed by atoms with E-state index in [9.17, 15) is 4.79 Å². The van der Waals surface area contributed by atoms with E-state index < -0.39 is 0 Å². The lowest BCUT2D eigenvalue weighted by atomic mass is 9.82. The second-order valence-corrected chi connectivity index (χ2v) is 6.02. The van der Waals surface area contributed by atoms with Crippen LogP contribution in [0.5, 0.6) is 0 Å². The third-order valence-corrected chi connectivity index (χ3v) is 4.71. The average Bonchev–Trinajstić information content (AvgIpc) is 2.40. The Hall–Kier alpha value is -0.280. The average molecular weight is 289 g/mol. The van der Waals surface area contributed by atoms with Crippen molar-refractivity contribution in [3.63, 3.8) is 0 Å². The first-order valence-electron chi connectivity index (χ1n) is 7.79. The van der Waals surface area contributed by atoms with Gasteiger partial charge in [0, 0.05) is 12.5 Å². The van der Waals surface area contributed by atoms with Gasteiger partial charge in [0.05, 0.1) is 0 Å². The van der Waals surface area contributed by atoms with E-state index in [1.165, 1.54) is 32.1 Å². The topological polar surface area (TPSA) is 41.1 Å². The highest BCUT2D eigenvalue weighted by molar-refractivity contribution is 5.85. The summed E-state index contributed by atoms with van der Waals surface area (Å²) in [4.78, 5) is 12.1. The molecular weight excluding hydrogens is 260 g/mol. The third-order valence-electron chi connectivity index (χ3n) is 4.71. The summed E-state index contributed by atoms with van der Waals surface area (Å²) < 4.78 is 0. The lowest BCUT2D eigenvalue weighted by molar-refractivity contribution is -0.123. The zero-order chi connectivity index (χ0) is 12.8. The fourth-order valence-electron chi connectivity index (χ4n) is 3.50. The summed E-state index contributed by atoms with van der Waals surface area (Å²) in [5.41, 5.74) is 0. The third kappa shape index (κ3) is 5.31. The van der Waals surface area contributed by atoms with Crippen molar-refractivity contribution in [1.82, 2.24) is 10.6 Å². The molecule has 1 amide bonds. The SMILES string of the molecule is CCC1CCCCC1NC(=O)CC1CCNCC1.Cl. The molecule has 2 fully saturated rings. The van der Waals surface area contributed by atoms with Crippen LogP contribution in [-0.2, 0) is 4.79 Å². The Bertz CT molecular complexity index is 267. The molecule has 1 heterocycles. The molecule has 1 saturated heterocycles. The Kier molecular flexibility index (Phi) is 7.77. The normalized spacial score (nSPS) is 28.5. The molecule has 112 valence electrons. The molecule has 2 unspecified atom stereocenters. The maximum absolute atomic E-state index is 12.1. The summed E-state index contributed by atoms with van der Waals surface area (Å²) in [6.45, 7) is 4.42. The van der Waals surface area contributed by atoms with E-state index in [0.29, 0.717) is 17.9 Å². The van der Waals surface area contributed by atoms with Crippen LogP contribution in [0, 0.1) is 11.8 Å². The molecule has 0 bridgehead atoms. The molecule has 1 saturated carbocycles. The lowest BCUT2D eigenvalue weighted by Crippen LogP contribution is -2.43. The fraction of sp³-hybridized carbons (Fsp3) is 0.933. The van der Waals surface area contributed by atoms with Gasteiger partial charge in [0.25, 0.3) is 0 Å². The standard InChI is InChI=1S/C15H28N2O.ClH/c1-2-13-5-3-4-6-14(13)17-15(18)11-12-7-9-16-10-8-12;/h12-14,16H,2-11H2,1H3,(H,17,18);1H. The molecule has 0 radical (unpaired) electrons. The number of halogens is 1. The predicted octanol–water partition coefficient (Wildman–Crippen LogP) is 2.88. The Morgan fingerprint density at radius 2 is 1.84 bits per heavy atom. The second kappa shape index (κ2) is 8.80. The zero-order valence-electron chi connectivity index (χ0n) is 12.1. The van der Waals surface area contributed by atoms with E-state index in [2.05, 4.69) is 17.6 Å². The van der Waals surface area contributed by atoms with Crippen LogP contribution in [0.15, 0.2) is 0 Å². The molecule has 0 spiro atoms. The fourth-order valence-corrected chi connectivity index (χ4v) is 3.50. The maximum atomic E-state index is 12.1. The highest BCUT2D eigenvalue weighted by Gasteiger charge is 2.26. The molecular formula is C15H29ClN2O. The Morgan fingerprint density at radius 1 is 1.16 bits per heavy atom. The number of carbonyl (C=O) groups excluding carboxylic acids is 1. The van der Waals surface area contributed by atoms with Gasteiger partial charge in [0.15, 0.2) is 0 Å². The molecule has 1 aliphatic heterocycles. The van der Waals surface area contributed by atoms with E-state index in [-0.39, 0.29) is 12.4 Å². The van der Waals surface area contributed by atoms with Crippen molar-refractivity contribution in [3.8, 4) is 0 Å². The van der Waals surface area contributed by atoms with Crippen molar-refractivity contribution in [2.24, 2.45) is 11.8 Å². The van der Waals surface area contributed by atoms with E-state index in [4.69, 9.17) is 0 Å². The number of carbonyl (C=O) groups is 1. The van der Waals surface area contributed by atoms with Gasteiger partial charge in [-0.25, -0.2) is 0 Å². The molecule has 0 aromatic heterocycles. The minimum absolute atomic E-state index is 0. The number of amides is 1. The van der Waals surface area contributed by atoms with Crippen LogP contribution in [0.25, 0.3) is 0 Å². The van der Waals surface area contributed by atoms with Gasteiger partial charge in [0.1, 0.15) is 0 Å². The van der Waals surface area contributed by atoms with Crippen LogP contribution in [0.4, 0.5) is 0 Å². The molecule has 0 aromatic carbocycles. The Morgan fingerprint density at radius 3 is 2.53 bits per heavy atom. The van der Waals surface area contributed by atoms with Gasteiger partial charge >= 0.3 is 0 Å².